The molecule has 1 N–H and O–H groups in total. The quantitative estimate of drug-likeness (QED) is 0.428. The number of hydrogen-bond acceptors (Lipinski definition) is 4. The van der Waals surface area contributed by atoms with Gasteiger partial charge in [0, 0.05) is 23.9 Å². The molecular weight excluding hydrogens is 452 g/mol. The van der Waals surface area contributed by atoms with Crippen molar-refractivity contribution < 1.29 is 23.0 Å². The maximum absolute atomic E-state index is 14.0. The third kappa shape index (κ3) is 4.93. The Morgan fingerprint density at radius 1 is 1.06 bits per heavy atom. The van der Waals surface area contributed by atoms with Crippen LogP contribution in [0.2, 0.25) is 0 Å². The first-order valence-electron chi connectivity index (χ1n) is 11.2. The first-order chi connectivity index (χ1) is 17.0. The predicted molar refractivity (Wildman–Crippen MR) is 126 cm³/mol. The Morgan fingerprint density at radius 3 is 2.60 bits per heavy atom. The lowest BCUT2D eigenvalue weighted by Gasteiger charge is -2.21. The van der Waals surface area contributed by atoms with Crippen LogP contribution >= 0.6 is 0 Å². The summed E-state index contributed by atoms with van der Waals surface area (Å²) in [6.45, 7) is 2.65. The number of carbonyl (C=O) groups is 1. The molecule has 0 saturated heterocycles. The normalized spacial score (nSPS) is 12.7. The van der Waals surface area contributed by atoms with Gasteiger partial charge in [0.25, 0.3) is 5.91 Å². The molecule has 35 heavy (non-hydrogen) atoms. The van der Waals surface area contributed by atoms with Crippen molar-refractivity contribution in [3.05, 3.63) is 101 Å². The molecule has 0 atom stereocenters. The first kappa shape index (κ1) is 22.7. The largest absolute Gasteiger partial charge is 0.467 e. The summed E-state index contributed by atoms with van der Waals surface area (Å²) >= 11 is 0. The SMILES string of the molecule is Cc1ccc(-c2nn(-c3ccc(F)cc3)cc2C(=O)NCCc2cc(F)cc3c2OCOC3)cc1. The van der Waals surface area contributed by atoms with E-state index in [0.29, 0.717) is 40.2 Å². The summed E-state index contributed by atoms with van der Waals surface area (Å²) in [6.07, 6.45) is 2.01. The number of benzene rings is 3. The summed E-state index contributed by atoms with van der Waals surface area (Å²) in [7, 11) is 0. The van der Waals surface area contributed by atoms with Crippen molar-refractivity contribution in [1.82, 2.24) is 15.1 Å². The van der Waals surface area contributed by atoms with E-state index in [4.69, 9.17) is 9.47 Å². The number of nitrogens with one attached hydrogen (secondary N) is 1. The molecule has 6 nitrogen and oxygen atoms in total. The molecule has 0 saturated carbocycles. The monoisotopic (exact) mass is 475 g/mol. The van der Waals surface area contributed by atoms with E-state index in [0.717, 1.165) is 11.1 Å². The maximum Gasteiger partial charge on any atom is 0.255 e. The smallest absolute Gasteiger partial charge is 0.255 e. The molecule has 8 heteroatoms. The maximum atomic E-state index is 14.0. The first-order valence-corrected chi connectivity index (χ1v) is 11.2. The molecule has 5 rings (SSSR count). The van der Waals surface area contributed by atoms with Crippen LogP contribution < -0.4 is 10.1 Å². The fraction of sp³-hybridized carbons (Fsp3) is 0.185. The van der Waals surface area contributed by atoms with Gasteiger partial charge in [-0.1, -0.05) is 29.8 Å². The number of ether oxygens (including phenoxy) is 2. The summed E-state index contributed by atoms with van der Waals surface area (Å²) in [5.74, 6) is -0.436. The van der Waals surface area contributed by atoms with Crippen LogP contribution in [0.5, 0.6) is 5.75 Å². The van der Waals surface area contributed by atoms with Gasteiger partial charge in [-0.3, -0.25) is 4.79 Å². The highest BCUT2D eigenvalue weighted by Gasteiger charge is 2.20. The van der Waals surface area contributed by atoms with E-state index in [1.807, 2.05) is 31.2 Å². The predicted octanol–water partition coefficient (Wildman–Crippen LogP) is 4.96. The van der Waals surface area contributed by atoms with E-state index in [9.17, 15) is 13.6 Å². The van der Waals surface area contributed by atoms with Crippen LogP contribution in [-0.2, 0) is 17.8 Å². The highest BCUT2D eigenvalue weighted by molar-refractivity contribution is 6.00. The zero-order valence-electron chi connectivity index (χ0n) is 19.1. The summed E-state index contributed by atoms with van der Waals surface area (Å²) in [5, 5.41) is 7.52. The molecule has 0 bridgehead atoms. The average molecular weight is 475 g/mol. The van der Waals surface area contributed by atoms with Crippen LogP contribution in [0.1, 0.15) is 27.0 Å². The lowest BCUT2D eigenvalue weighted by molar-refractivity contribution is -0.0172. The minimum atomic E-state index is -0.374. The topological polar surface area (TPSA) is 65.4 Å². The van der Waals surface area contributed by atoms with Crippen LogP contribution in [-0.4, -0.2) is 29.0 Å². The number of rotatable bonds is 6. The van der Waals surface area contributed by atoms with Crippen molar-refractivity contribution in [2.24, 2.45) is 0 Å². The van der Waals surface area contributed by atoms with Gasteiger partial charge in [0.15, 0.2) is 6.79 Å². The number of fused-ring (bicyclic) bond motifs is 1. The van der Waals surface area contributed by atoms with Crippen LogP contribution in [0, 0.1) is 18.6 Å². The fourth-order valence-electron chi connectivity index (χ4n) is 4.04. The van der Waals surface area contributed by atoms with E-state index in [1.165, 1.54) is 24.3 Å². The van der Waals surface area contributed by atoms with Crippen molar-refractivity contribution in [2.45, 2.75) is 20.0 Å². The van der Waals surface area contributed by atoms with Gasteiger partial charge in [-0.05, 0) is 55.3 Å². The lowest BCUT2D eigenvalue weighted by atomic mass is 10.0. The molecule has 0 spiro atoms. The Balaban J connectivity index is 1.39. The van der Waals surface area contributed by atoms with E-state index >= 15 is 0 Å². The number of aryl methyl sites for hydroxylation is 1. The Hall–Kier alpha value is -4.04. The molecule has 1 aromatic heterocycles. The second-order valence-corrected chi connectivity index (χ2v) is 8.35. The molecule has 1 aliphatic rings. The number of amides is 1. The fourth-order valence-corrected chi connectivity index (χ4v) is 4.04. The summed E-state index contributed by atoms with van der Waals surface area (Å²) in [4.78, 5) is 13.2. The van der Waals surface area contributed by atoms with Gasteiger partial charge in [0.05, 0.1) is 17.9 Å². The molecule has 0 fully saturated rings. The summed E-state index contributed by atoms with van der Waals surface area (Å²) < 4.78 is 39.8. The molecule has 4 aromatic rings. The van der Waals surface area contributed by atoms with Gasteiger partial charge >= 0.3 is 0 Å². The number of carbonyl (C=O) groups excluding carboxylic acids is 1. The van der Waals surface area contributed by atoms with Crippen molar-refractivity contribution in [1.29, 1.82) is 0 Å². The van der Waals surface area contributed by atoms with Crippen LogP contribution in [0.15, 0.2) is 66.9 Å². The Morgan fingerprint density at radius 2 is 1.83 bits per heavy atom. The third-order valence-electron chi connectivity index (χ3n) is 5.81. The lowest BCUT2D eigenvalue weighted by Crippen LogP contribution is -2.26. The molecule has 0 unspecified atom stereocenters. The van der Waals surface area contributed by atoms with E-state index in [2.05, 4.69) is 10.4 Å². The van der Waals surface area contributed by atoms with E-state index < -0.39 is 0 Å². The molecule has 3 aromatic carbocycles. The molecule has 0 radical (unpaired) electrons. The second-order valence-electron chi connectivity index (χ2n) is 8.35. The standard InChI is InChI=1S/C27H23F2N3O3/c1-17-2-4-18(5-3-17)25-24(14-32(31-25)23-8-6-21(28)7-9-23)27(33)30-11-10-19-12-22(29)13-20-15-34-16-35-26(19)20/h2-9,12-14H,10-11,15-16H2,1H3,(H,30,33). The molecule has 2 heterocycles. The van der Waals surface area contributed by atoms with Gasteiger partial charge in [-0.2, -0.15) is 5.10 Å². The van der Waals surface area contributed by atoms with Crippen LogP contribution in [0.4, 0.5) is 8.78 Å². The Labute approximate surface area is 201 Å². The highest BCUT2D eigenvalue weighted by atomic mass is 19.1. The highest BCUT2D eigenvalue weighted by Crippen LogP contribution is 2.30. The Kier molecular flexibility index (Phi) is 6.29. The average Bonchev–Trinajstić information content (AvgIpc) is 3.30. The number of aromatic nitrogens is 2. The van der Waals surface area contributed by atoms with Crippen LogP contribution in [0.3, 0.4) is 0 Å². The molecular formula is C27H23F2N3O3. The van der Waals surface area contributed by atoms with E-state index in [1.54, 1.807) is 23.0 Å². The number of nitrogens with zero attached hydrogens (tertiary/aromatic N) is 2. The van der Waals surface area contributed by atoms with Gasteiger partial charge in [-0.25, -0.2) is 13.5 Å². The summed E-state index contributed by atoms with van der Waals surface area (Å²) in [5.41, 5.74) is 4.71. The minimum Gasteiger partial charge on any atom is -0.467 e. The zero-order valence-corrected chi connectivity index (χ0v) is 19.1. The summed E-state index contributed by atoms with van der Waals surface area (Å²) in [6, 6.07) is 16.4. The van der Waals surface area contributed by atoms with Crippen molar-refractivity contribution in [3.63, 3.8) is 0 Å². The molecule has 0 aliphatic carbocycles. The Bertz CT molecular complexity index is 1370. The minimum absolute atomic E-state index is 0.112. The number of halogens is 2. The van der Waals surface area contributed by atoms with Crippen molar-refractivity contribution in [3.8, 4) is 22.7 Å². The number of hydrogen-bond donors (Lipinski definition) is 1. The zero-order chi connectivity index (χ0) is 24.4. The van der Waals surface area contributed by atoms with Crippen molar-refractivity contribution in [2.75, 3.05) is 13.3 Å². The van der Waals surface area contributed by atoms with Gasteiger partial charge in [-0.15, -0.1) is 0 Å². The molecule has 178 valence electrons. The van der Waals surface area contributed by atoms with Gasteiger partial charge in [0.2, 0.25) is 0 Å². The van der Waals surface area contributed by atoms with Gasteiger partial charge < -0.3 is 14.8 Å². The van der Waals surface area contributed by atoms with E-state index in [-0.39, 0.29) is 37.5 Å². The molecule has 1 amide bonds. The van der Waals surface area contributed by atoms with Crippen molar-refractivity contribution >= 4 is 5.91 Å². The molecule has 1 aliphatic heterocycles. The van der Waals surface area contributed by atoms with Gasteiger partial charge in [0.1, 0.15) is 23.1 Å². The van der Waals surface area contributed by atoms with Crippen LogP contribution in [0.25, 0.3) is 16.9 Å². The second kappa shape index (κ2) is 9.68. The third-order valence-corrected chi connectivity index (χ3v) is 5.81.